The van der Waals surface area contributed by atoms with Crippen molar-refractivity contribution in [3.8, 4) is 6.07 Å². The highest BCUT2D eigenvalue weighted by Gasteiger charge is 2.34. The summed E-state index contributed by atoms with van der Waals surface area (Å²) in [5.74, 6) is 0. The van der Waals surface area contributed by atoms with Gasteiger partial charge in [0, 0.05) is 10.2 Å². The summed E-state index contributed by atoms with van der Waals surface area (Å²) in [6, 6.07) is 8.50. The Labute approximate surface area is 85.9 Å². The molecule has 0 bridgehead atoms. The van der Waals surface area contributed by atoms with Crippen LogP contribution in [0.15, 0.2) is 22.7 Å². The van der Waals surface area contributed by atoms with Gasteiger partial charge in [-0.1, -0.05) is 22.0 Å². The molecular weight excluding hydrogens is 228 g/mol. The topological polar surface area (TPSA) is 26.8 Å². The van der Waals surface area contributed by atoms with Crippen LogP contribution in [0.2, 0.25) is 0 Å². The molecule has 1 aliphatic rings. The minimum Gasteiger partial charge on any atom is -0.351 e. The molecule has 66 valence electrons. The van der Waals surface area contributed by atoms with E-state index in [-0.39, 0.29) is 6.04 Å². The molecule has 0 radical (unpaired) electrons. The van der Waals surface area contributed by atoms with Crippen molar-refractivity contribution in [2.24, 2.45) is 0 Å². The summed E-state index contributed by atoms with van der Waals surface area (Å²) in [6.07, 6.45) is 0. The monoisotopic (exact) mass is 236 g/mol. The predicted molar refractivity (Wildman–Crippen MR) is 55.6 cm³/mol. The van der Waals surface area contributed by atoms with Crippen LogP contribution in [0.4, 0.5) is 5.69 Å². The fraction of sp³-hybridized carbons (Fsp3) is 0.300. The van der Waals surface area contributed by atoms with Gasteiger partial charge in [0.15, 0.2) is 0 Å². The Hall–Kier alpha value is -1.01. The van der Waals surface area contributed by atoms with E-state index < -0.39 is 0 Å². The maximum Gasteiger partial charge on any atom is 0.134 e. The SMILES string of the molecule is Cc1ccc(N2CC2C#N)cc1Br. The van der Waals surface area contributed by atoms with Crippen molar-refractivity contribution in [1.29, 1.82) is 5.26 Å². The first-order valence-corrected chi connectivity index (χ1v) is 4.94. The Morgan fingerprint density at radius 2 is 2.38 bits per heavy atom. The highest BCUT2D eigenvalue weighted by molar-refractivity contribution is 9.10. The lowest BCUT2D eigenvalue weighted by Gasteiger charge is -2.04. The number of hydrogen-bond donors (Lipinski definition) is 0. The van der Waals surface area contributed by atoms with Crippen LogP contribution in [-0.2, 0) is 0 Å². The van der Waals surface area contributed by atoms with Gasteiger partial charge >= 0.3 is 0 Å². The van der Waals surface area contributed by atoms with Gasteiger partial charge in [0.05, 0.1) is 12.6 Å². The molecule has 1 atom stereocenters. The van der Waals surface area contributed by atoms with Gasteiger partial charge in [-0.2, -0.15) is 5.26 Å². The van der Waals surface area contributed by atoms with Gasteiger partial charge in [-0.05, 0) is 24.6 Å². The summed E-state index contributed by atoms with van der Waals surface area (Å²) in [6.45, 7) is 2.92. The lowest BCUT2D eigenvalue weighted by atomic mass is 10.2. The van der Waals surface area contributed by atoms with Crippen molar-refractivity contribution in [2.45, 2.75) is 13.0 Å². The standard InChI is InChI=1S/C10H9BrN2/c1-7-2-3-8(4-10(7)11)13-6-9(13)5-12/h2-4,9H,6H2,1H3. The molecule has 1 aromatic carbocycles. The second-order valence-electron chi connectivity index (χ2n) is 3.23. The summed E-state index contributed by atoms with van der Waals surface area (Å²) in [7, 11) is 0. The lowest BCUT2D eigenvalue weighted by molar-refractivity contribution is 1.25. The summed E-state index contributed by atoms with van der Waals surface area (Å²) >= 11 is 3.47. The Morgan fingerprint density at radius 3 is 2.92 bits per heavy atom. The van der Waals surface area contributed by atoms with E-state index in [1.807, 2.05) is 0 Å². The quantitative estimate of drug-likeness (QED) is 0.701. The van der Waals surface area contributed by atoms with Crippen molar-refractivity contribution in [3.05, 3.63) is 28.2 Å². The Balaban J connectivity index is 2.25. The molecular formula is C10H9BrN2. The summed E-state index contributed by atoms with van der Waals surface area (Å²) < 4.78 is 1.11. The number of anilines is 1. The van der Waals surface area contributed by atoms with Crippen LogP contribution < -0.4 is 4.90 Å². The summed E-state index contributed by atoms with van der Waals surface area (Å²) in [5.41, 5.74) is 2.35. The molecule has 2 nitrogen and oxygen atoms in total. The van der Waals surface area contributed by atoms with E-state index in [9.17, 15) is 0 Å². The molecule has 13 heavy (non-hydrogen) atoms. The molecule has 0 aliphatic carbocycles. The molecule has 1 saturated heterocycles. The second kappa shape index (κ2) is 3.04. The number of hydrogen-bond acceptors (Lipinski definition) is 2. The van der Waals surface area contributed by atoms with E-state index >= 15 is 0 Å². The van der Waals surface area contributed by atoms with Gasteiger partial charge in [0.2, 0.25) is 0 Å². The van der Waals surface area contributed by atoms with Gasteiger partial charge in [0.1, 0.15) is 6.04 Å². The van der Waals surface area contributed by atoms with E-state index in [2.05, 4.69) is 52.0 Å². The number of halogens is 1. The number of rotatable bonds is 1. The average Bonchev–Trinajstić information content (AvgIpc) is 2.88. The molecule has 1 aromatic rings. The van der Waals surface area contributed by atoms with Crippen molar-refractivity contribution in [3.63, 3.8) is 0 Å². The summed E-state index contributed by atoms with van der Waals surface area (Å²) in [5, 5.41) is 8.66. The molecule has 1 fully saturated rings. The number of nitriles is 1. The summed E-state index contributed by atoms with van der Waals surface area (Å²) in [4.78, 5) is 2.07. The Kier molecular flexibility index (Phi) is 2.01. The first-order chi connectivity index (χ1) is 6.22. The van der Waals surface area contributed by atoms with Crippen LogP contribution >= 0.6 is 15.9 Å². The zero-order chi connectivity index (χ0) is 9.42. The predicted octanol–water partition coefficient (Wildman–Crippen LogP) is 2.47. The van der Waals surface area contributed by atoms with E-state index in [1.165, 1.54) is 5.56 Å². The van der Waals surface area contributed by atoms with Crippen molar-refractivity contribution >= 4 is 21.6 Å². The van der Waals surface area contributed by atoms with Gasteiger partial charge in [-0.25, -0.2) is 0 Å². The van der Waals surface area contributed by atoms with Crippen LogP contribution in [0.25, 0.3) is 0 Å². The molecule has 0 saturated carbocycles. The normalized spacial score (nSPS) is 19.8. The molecule has 2 rings (SSSR count). The van der Waals surface area contributed by atoms with Crippen LogP contribution in [-0.4, -0.2) is 12.6 Å². The molecule has 3 heteroatoms. The lowest BCUT2D eigenvalue weighted by Crippen LogP contribution is -1.96. The molecule has 1 heterocycles. The first-order valence-electron chi connectivity index (χ1n) is 4.15. The molecule has 0 N–H and O–H groups in total. The van der Waals surface area contributed by atoms with Crippen LogP contribution in [0.5, 0.6) is 0 Å². The zero-order valence-corrected chi connectivity index (χ0v) is 8.87. The molecule has 0 amide bonds. The number of nitrogens with zero attached hydrogens (tertiary/aromatic N) is 2. The van der Waals surface area contributed by atoms with E-state index in [0.717, 1.165) is 16.7 Å². The molecule has 0 aromatic heterocycles. The van der Waals surface area contributed by atoms with Gasteiger partial charge in [-0.15, -0.1) is 0 Å². The average molecular weight is 237 g/mol. The number of aryl methyl sites for hydroxylation is 1. The fourth-order valence-corrected chi connectivity index (χ4v) is 1.66. The largest absolute Gasteiger partial charge is 0.351 e. The fourth-order valence-electron chi connectivity index (χ4n) is 1.30. The van der Waals surface area contributed by atoms with E-state index in [1.54, 1.807) is 0 Å². The van der Waals surface area contributed by atoms with Crippen molar-refractivity contribution in [2.75, 3.05) is 11.4 Å². The van der Waals surface area contributed by atoms with Crippen LogP contribution in [0, 0.1) is 18.3 Å². The Bertz CT molecular complexity index is 381. The van der Waals surface area contributed by atoms with Gasteiger partial charge in [0.25, 0.3) is 0 Å². The van der Waals surface area contributed by atoms with E-state index in [4.69, 9.17) is 5.26 Å². The highest BCUT2D eigenvalue weighted by Crippen LogP contribution is 2.30. The maximum absolute atomic E-state index is 8.66. The highest BCUT2D eigenvalue weighted by atomic mass is 79.9. The van der Waals surface area contributed by atoms with Crippen LogP contribution in [0.3, 0.4) is 0 Å². The maximum atomic E-state index is 8.66. The molecule has 1 unspecified atom stereocenters. The zero-order valence-electron chi connectivity index (χ0n) is 7.29. The third-order valence-corrected chi connectivity index (χ3v) is 3.10. The third kappa shape index (κ3) is 1.54. The van der Waals surface area contributed by atoms with Crippen LogP contribution in [0.1, 0.15) is 5.56 Å². The molecule has 1 aliphatic heterocycles. The van der Waals surface area contributed by atoms with Gasteiger partial charge < -0.3 is 4.90 Å². The third-order valence-electron chi connectivity index (χ3n) is 2.25. The smallest absolute Gasteiger partial charge is 0.134 e. The second-order valence-corrected chi connectivity index (χ2v) is 4.09. The minimum absolute atomic E-state index is 0.0922. The minimum atomic E-state index is 0.0922. The molecule has 0 spiro atoms. The Morgan fingerprint density at radius 1 is 1.62 bits per heavy atom. The van der Waals surface area contributed by atoms with Gasteiger partial charge in [-0.3, -0.25) is 0 Å². The van der Waals surface area contributed by atoms with E-state index in [0.29, 0.717) is 0 Å². The van der Waals surface area contributed by atoms with Crippen molar-refractivity contribution in [1.82, 2.24) is 0 Å². The van der Waals surface area contributed by atoms with Crippen molar-refractivity contribution < 1.29 is 0 Å². The first kappa shape index (κ1) is 8.58. The number of benzene rings is 1.